The van der Waals surface area contributed by atoms with E-state index in [0.29, 0.717) is 0 Å². The van der Waals surface area contributed by atoms with Crippen molar-refractivity contribution in [3.63, 3.8) is 0 Å². The Morgan fingerprint density at radius 1 is 1.32 bits per heavy atom. The van der Waals surface area contributed by atoms with Gasteiger partial charge in [0.25, 0.3) is 0 Å². The second-order valence-electron chi connectivity index (χ2n) is 4.13. The normalized spacial score (nSPS) is 11.1. The Morgan fingerprint density at radius 3 is 3.00 bits per heavy atom. The van der Waals surface area contributed by atoms with Crippen molar-refractivity contribution in [2.24, 2.45) is 0 Å². The number of halogens is 1. The first-order chi connectivity index (χ1) is 9.28. The maximum atomic E-state index is 13.2. The highest BCUT2D eigenvalue weighted by Crippen LogP contribution is 2.33. The monoisotopic (exact) mass is 273 g/mol. The van der Waals surface area contributed by atoms with Crippen LogP contribution < -0.4 is 0 Å². The lowest BCUT2D eigenvalue weighted by atomic mass is 10.2. The summed E-state index contributed by atoms with van der Waals surface area (Å²) in [5.74, 6) is -0.236. The summed E-state index contributed by atoms with van der Waals surface area (Å²) in [6.45, 7) is 2.09. The average molecular weight is 273 g/mol. The standard InChI is InChI=1S/C14H12FN3S/c1-2-9-7-16-13-12(9)14(18-8-17-13)19-11-5-3-4-10(15)6-11/h3-8H,2H2,1H3,(H,16,17,18). The molecule has 1 N–H and O–H groups in total. The van der Waals surface area contributed by atoms with Crippen molar-refractivity contribution in [1.82, 2.24) is 15.0 Å². The maximum absolute atomic E-state index is 13.2. The van der Waals surface area contributed by atoms with Gasteiger partial charge in [0, 0.05) is 11.1 Å². The lowest BCUT2D eigenvalue weighted by molar-refractivity contribution is 0.624. The molecule has 0 aliphatic carbocycles. The first-order valence-electron chi connectivity index (χ1n) is 6.02. The van der Waals surface area contributed by atoms with Gasteiger partial charge in [0.1, 0.15) is 22.8 Å². The van der Waals surface area contributed by atoms with Crippen molar-refractivity contribution in [3.05, 3.63) is 48.2 Å². The molecule has 0 unspecified atom stereocenters. The molecule has 0 fully saturated rings. The fraction of sp³-hybridized carbons (Fsp3) is 0.143. The molecule has 1 aromatic carbocycles. The summed E-state index contributed by atoms with van der Waals surface area (Å²) in [7, 11) is 0. The quantitative estimate of drug-likeness (QED) is 0.738. The van der Waals surface area contributed by atoms with Gasteiger partial charge in [0.05, 0.1) is 5.39 Å². The summed E-state index contributed by atoms with van der Waals surface area (Å²) in [6, 6.07) is 6.53. The zero-order valence-corrected chi connectivity index (χ0v) is 11.2. The van der Waals surface area contributed by atoms with Crippen LogP contribution in [-0.2, 0) is 6.42 Å². The van der Waals surface area contributed by atoms with Gasteiger partial charge in [0.2, 0.25) is 0 Å². The fourth-order valence-corrected chi connectivity index (χ4v) is 2.97. The van der Waals surface area contributed by atoms with E-state index in [-0.39, 0.29) is 5.82 Å². The SMILES string of the molecule is CCc1c[nH]c2ncnc(Sc3cccc(F)c3)c12. The van der Waals surface area contributed by atoms with E-state index in [9.17, 15) is 4.39 Å². The third-order valence-electron chi connectivity index (χ3n) is 2.91. The number of hydrogen-bond acceptors (Lipinski definition) is 3. The van der Waals surface area contributed by atoms with Crippen LogP contribution in [0.25, 0.3) is 11.0 Å². The second kappa shape index (κ2) is 5.01. The van der Waals surface area contributed by atoms with Gasteiger partial charge >= 0.3 is 0 Å². The zero-order valence-electron chi connectivity index (χ0n) is 10.4. The number of aromatic nitrogens is 3. The second-order valence-corrected chi connectivity index (χ2v) is 5.19. The number of benzene rings is 1. The molecular weight excluding hydrogens is 261 g/mol. The van der Waals surface area contributed by atoms with Crippen LogP contribution in [0.1, 0.15) is 12.5 Å². The van der Waals surface area contributed by atoms with Crippen LogP contribution in [-0.4, -0.2) is 15.0 Å². The predicted molar refractivity (Wildman–Crippen MR) is 73.8 cm³/mol. The lowest BCUT2D eigenvalue weighted by Gasteiger charge is -2.03. The van der Waals surface area contributed by atoms with Gasteiger partial charge in [-0.05, 0) is 30.2 Å². The zero-order chi connectivity index (χ0) is 13.2. The summed E-state index contributed by atoms with van der Waals surface area (Å²) in [6.07, 6.45) is 4.39. The summed E-state index contributed by atoms with van der Waals surface area (Å²) < 4.78 is 13.2. The fourth-order valence-electron chi connectivity index (χ4n) is 1.99. The van der Waals surface area contributed by atoms with Crippen LogP contribution in [0, 0.1) is 5.82 Å². The van der Waals surface area contributed by atoms with E-state index in [1.54, 1.807) is 6.07 Å². The minimum absolute atomic E-state index is 0.236. The average Bonchev–Trinajstić information content (AvgIpc) is 2.83. The van der Waals surface area contributed by atoms with Gasteiger partial charge in [0.15, 0.2) is 0 Å². The first-order valence-corrected chi connectivity index (χ1v) is 6.84. The largest absolute Gasteiger partial charge is 0.346 e. The summed E-state index contributed by atoms with van der Waals surface area (Å²) in [5, 5.41) is 1.88. The smallest absolute Gasteiger partial charge is 0.142 e. The molecule has 3 aromatic rings. The molecule has 0 atom stereocenters. The van der Waals surface area contributed by atoms with Crippen LogP contribution in [0.2, 0.25) is 0 Å². The molecule has 96 valence electrons. The van der Waals surface area contributed by atoms with Gasteiger partial charge in [-0.1, -0.05) is 24.8 Å². The third-order valence-corrected chi connectivity index (χ3v) is 3.90. The molecule has 0 saturated heterocycles. The first kappa shape index (κ1) is 12.2. The Labute approximate surface area is 114 Å². The molecule has 3 rings (SSSR count). The van der Waals surface area contributed by atoms with Crippen molar-refractivity contribution in [2.75, 3.05) is 0 Å². The number of hydrogen-bond donors (Lipinski definition) is 1. The lowest BCUT2D eigenvalue weighted by Crippen LogP contribution is -1.87. The molecule has 0 amide bonds. The molecule has 0 aliphatic heterocycles. The summed E-state index contributed by atoms with van der Waals surface area (Å²) in [5.41, 5.74) is 2.00. The van der Waals surface area contributed by atoms with E-state index in [2.05, 4.69) is 21.9 Å². The highest BCUT2D eigenvalue weighted by atomic mass is 32.2. The van der Waals surface area contributed by atoms with Crippen molar-refractivity contribution in [1.29, 1.82) is 0 Å². The van der Waals surface area contributed by atoms with E-state index >= 15 is 0 Å². The van der Waals surface area contributed by atoms with Crippen LogP contribution in [0.15, 0.2) is 46.7 Å². The molecular formula is C14H12FN3S. The van der Waals surface area contributed by atoms with Crippen LogP contribution in [0.3, 0.4) is 0 Å². The molecule has 0 aliphatic rings. The highest BCUT2D eigenvalue weighted by molar-refractivity contribution is 7.99. The van der Waals surface area contributed by atoms with E-state index in [0.717, 1.165) is 27.4 Å². The Bertz CT molecular complexity index is 724. The Kier molecular flexibility index (Phi) is 3.21. The number of nitrogens with one attached hydrogen (secondary N) is 1. The minimum Gasteiger partial charge on any atom is -0.346 e. The Balaban J connectivity index is 2.07. The van der Waals surface area contributed by atoms with Gasteiger partial charge in [-0.3, -0.25) is 0 Å². The molecule has 0 saturated carbocycles. The molecule has 19 heavy (non-hydrogen) atoms. The third kappa shape index (κ3) is 2.33. The molecule has 2 aromatic heterocycles. The number of fused-ring (bicyclic) bond motifs is 1. The number of rotatable bonds is 3. The van der Waals surface area contributed by atoms with Crippen molar-refractivity contribution in [2.45, 2.75) is 23.3 Å². The minimum atomic E-state index is -0.236. The van der Waals surface area contributed by atoms with Crippen molar-refractivity contribution >= 4 is 22.8 Å². The maximum Gasteiger partial charge on any atom is 0.142 e. The van der Waals surface area contributed by atoms with Crippen LogP contribution in [0.4, 0.5) is 4.39 Å². The van der Waals surface area contributed by atoms with Gasteiger partial charge < -0.3 is 4.98 Å². The van der Waals surface area contributed by atoms with Crippen molar-refractivity contribution < 1.29 is 4.39 Å². The number of aryl methyl sites for hydroxylation is 1. The highest BCUT2D eigenvalue weighted by Gasteiger charge is 2.11. The molecule has 2 heterocycles. The summed E-state index contributed by atoms with van der Waals surface area (Å²) >= 11 is 1.45. The van der Waals surface area contributed by atoms with E-state index in [4.69, 9.17) is 0 Å². The Hall–Kier alpha value is -1.88. The van der Waals surface area contributed by atoms with Gasteiger partial charge in [-0.2, -0.15) is 0 Å². The topological polar surface area (TPSA) is 41.6 Å². The molecule has 0 radical (unpaired) electrons. The number of H-pyrrole nitrogens is 1. The molecule has 5 heteroatoms. The van der Waals surface area contributed by atoms with Crippen molar-refractivity contribution in [3.8, 4) is 0 Å². The molecule has 0 spiro atoms. The predicted octanol–water partition coefficient (Wildman–Crippen LogP) is 3.81. The number of nitrogens with zero attached hydrogens (tertiary/aromatic N) is 2. The van der Waals surface area contributed by atoms with E-state index in [1.807, 2.05) is 12.3 Å². The molecule has 3 nitrogen and oxygen atoms in total. The molecule has 0 bridgehead atoms. The van der Waals surface area contributed by atoms with Gasteiger partial charge in [-0.25, -0.2) is 14.4 Å². The summed E-state index contributed by atoms with van der Waals surface area (Å²) in [4.78, 5) is 12.5. The van der Waals surface area contributed by atoms with Crippen LogP contribution in [0.5, 0.6) is 0 Å². The van der Waals surface area contributed by atoms with E-state index < -0.39 is 0 Å². The number of aromatic amines is 1. The van der Waals surface area contributed by atoms with E-state index in [1.165, 1.54) is 35.8 Å². The van der Waals surface area contributed by atoms with Crippen LogP contribution >= 0.6 is 11.8 Å². The Morgan fingerprint density at radius 2 is 2.21 bits per heavy atom. The van der Waals surface area contributed by atoms with Gasteiger partial charge in [-0.15, -0.1) is 0 Å².